The summed E-state index contributed by atoms with van der Waals surface area (Å²) in [7, 11) is 2.18. The van der Waals surface area contributed by atoms with E-state index >= 15 is 0 Å². The lowest BCUT2D eigenvalue weighted by Gasteiger charge is -2.34. The molecule has 2 heterocycles. The van der Waals surface area contributed by atoms with Crippen LogP contribution in [0.25, 0.3) is 0 Å². The molecule has 0 aliphatic carbocycles. The lowest BCUT2D eigenvalue weighted by molar-refractivity contribution is -0.0355. The Morgan fingerprint density at radius 3 is 3.00 bits per heavy atom. The average molecular weight is 227 g/mol. The molecule has 2 atom stereocenters. The lowest BCUT2D eigenvalue weighted by atomic mass is 10.2. The Kier molecular flexibility index (Phi) is 4.58. The van der Waals surface area contributed by atoms with Gasteiger partial charge in [-0.15, -0.1) is 0 Å². The maximum atomic E-state index is 5.82. The maximum Gasteiger partial charge on any atom is 0.0829 e. The fourth-order valence-electron chi connectivity index (χ4n) is 2.63. The molecule has 4 heteroatoms. The van der Waals surface area contributed by atoms with Crippen LogP contribution in [0.4, 0.5) is 0 Å². The number of ether oxygens (including phenoxy) is 1. The molecule has 2 aliphatic rings. The van der Waals surface area contributed by atoms with Gasteiger partial charge in [0.2, 0.25) is 0 Å². The van der Waals surface area contributed by atoms with Crippen LogP contribution in [0.15, 0.2) is 0 Å². The van der Waals surface area contributed by atoms with Gasteiger partial charge in [0.1, 0.15) is 0 Å². The summed E-state index contributed by atoms with van der Waals surface area (Å²) in [6.45, 7) is 9.94. The maximum absolute atomic E-state index is 5.82. The fraction of sp³-hybridized carbons (Fsp3) is 1.00. The van der Waals surface area contributed by atoms with Crippen LogP contribution in [-0.4, -0.2) is 74.9 Å². The van der Waals surface area contributed by atoms with E-state index in [4.69, 9.17) is 4.74 Å². The van der Waals surface area contributed by atoms with Crippen molar-refractivity contribution >= 4 is 0 Å². The van der Waals surface area contributed by atoms with E-state index in [1.807, 2.05) is 0 Å². The van der Waals surface area contributed by atoms with Gasteiger partial charge in [0.25, 0.3) is 0 Å². The van der Waals surface area contributed by atoms with Gasteiger partial charge in [-0.05, 0) is 33.5 Å². The molecule has 2 saturated heterocycles. The molecule has 4 nitrogen and oxygen atoms in total. The summed E-state index contributed by atoms with van der Waals surface area (Å²) in [5.74, 6) is 0. The molecule has 1 N–H and O–H groups in total. The minimum absolute atomic E-state index is 0.407. The van der Waals surface area contributed by atoms with Crippen molar-refractivity contribution in [2.45, 2.75) is 25.5 Å². The third-order valence-electron chi connectivity index (χ3n) is 3.48. The van der Waals surface area contributed by atoms with Crippen LogP contribution in [0.1, 0.15) is 13.3 Å². The van der Waals surface area contributed by atoms with Gasteiger partial charge in [-0.2, -0.15) is 0 Å². The van der Waals surface area contributed by atoms with E-state index in [9.17, 15) is 0 Å². The second-order valence-corrected chi connectivity index (χ2v) is 5.22. The van der Waals surface area contributed by atoms with E-state index in [1.54, 1.807) is 0 Å². The van der Waals surface area contributed by atoms with Gasteiger partial charge in [-0.25, -0.2) is 0 Å². The monoisotopic (exact) mass is 227 g/mol. The summed E-state index contributed by atoms with van der Waals surface area (Å²) < 4.78 is 5.82. The molecular formula is C12H25N3O. The number of hydrogen-bond donors (Lipinski definition) is 1. The molecule has 0 radical (unpaired) electrons. The third kappa shape index (κ3) is 3.70. The molecule has 2 aliphatic heterocycles. The topological polar surface area (TPSA) is 27.7 Å². The normalized spacial score (nSPS) is 34.9. The van der Waals surface area contributed by atoms with Crippen LogP contribution in [0, 0.1) is 0 Å². The van der Waals surface area contributed by atoms with Crippen molar-refractivity contribution in [1.29, 1.82) is 0 Å². The van der Waals surface area contributed by atoms with E-state index in [2.05, 4.69) is 29.1 Å². The van der Waals surface area contributed by atoms with Gasteiger partial charge >= 0.3 is 0 Å². The van der Waals surface area contributed by atoms with E-state index in [-0.39, 0.29) is 0 Å². The smallest absolute Gasteiger partial charge is 0.0829 e. The molecule has 0 spiro atoms. The van der Waals surface area contributed by atoms with Crippen molar-refractivity contribution in [3.05, 3.63) is 0 Å². The number of nitrogens with zero attached hydrogens (tertiary/aromatic N) is 2. The molecule has 0 bridgehead atoms. The zero-order valence-electron chi connectivity index (χ0n) is 10.6. The molecule has 2 unspecified atom stereocenters. The van der Waals surface area contributed by atoms with Gasteiger partial charge in [0.15, 0.2) is 0 Å². The van der Waals surface area contributed by atoms with Crippen LogP contribution >= 0.6 is 0 Å². The third-order valence-corrected chi connectivity index (χ3v) is 3.48. The number of rotatable bonds is 2. The van der Waals surface area contributed by atoms with Crippen molar-refractivity contribution < 1.29 is 4.74 Å². The fourth-order valence-corrected chi connectivity index (χ4v) is 2.63. The van der Waals surface area contributed by atoms with Gasteiger partial charge < -0.3 is 15.0 Å². The Hall–Kier alpha value is -0.160. The first-order valence-electron chi connectivity index (χ1n) is 6.50. The van der Waals surface area contributed by atoms with Crippen molar-refractivity contribution in [3.63, 3.8) is 0 Å². The largest absolute Gasteiger partial charge is 0.374 e. The standard InChI is InChI=1S/C12H25N3O/c1-11-8-15(5-3-4-13-11)10-12-9-14(2)6-7-16-12/h11-13H,3-10H2,1-2H3. The van der Waals surface area contributed by atoms with Crippen molar-refractivity contribution in [2.24, 2.45) is 0 Å². The van der Waals surface area contributed by atoms with Crippen LogP contribution in [0.5, 0.6) is 0 Å². The van der Waals surface area contributed by atoms with Gasteiger partial charge in [-0.1, -0.05) is 0 Å². The average Bonchev–Trinajstić information content (AvgIpc) is 2.43. The first-order chi connectivity index (χ1) is 7.74. The predicted molar refractivity (Wildman–Crippen MR) is 65.8 cm³/mol. The van der Waals surface area contributed by atoms with E-state index < -0.39 is 0 Å². The predicted octanol–water partition coefficient (Wildman–Crippen LogP) is 0.000800. The Labute approximate surface area is 98.9 Å². The minimum atomic E-state index is 0.407. The van der Waals surface area contributed by atoms with Crippen LogP contribution in [0.2, 0.25) is 0 Å². The number of nitrogens with one attached hydrogen (secondary N) is 1. The Morgan fingerprint density at radius 1 is 1.31 bits per heavy atom. The highest BCUT2D eigenvalue weighted by molar-refractivity contribution is 4.78. The molecule has 2 fully saturated rings. The Balaban J connectivity index is 1.78. The molecule has 2 rings (SSSR count). The van der Waals surface area contributed by atoms with Crippen LogP contribution in [0.3, 0.4) is 0 Å². The summed E-state index contributed by atoms with van der Waals surface area (Å²) in [4.78, 5) is 4.92. The molecular weight excluding hydrogens is 202 g/mol. The van der Waals surface area contributed by atoms with Gasteiger partial charge in [0.05, 0.1) is 12.7 Å². The molecule has 0 saturated carbocycles. The lowest BCUT2D eigenvalue weighted by Crippen LogP contribution is -2.47. The summed E-state index contributed by atoms with van der Waals surface area (Å²) in [5.41, 5.74) is 0. The van der Waals surface area contributed by atoms with E-state index in [1.165, 1.54) is 13.0 Å². The summed E-state index contributed by atoms with van der Waals surface area (Å²) in [5, 5.41) is 3.53. The second-order valence-electron chi connectivity index (χ2n) is 5.22. The molecule has 0 amide bonds. The highest BCUT2D eigenvalue weighted by atomic mass is 16.5. The van der Waals surface area contributed by atoms with E-state index in [0.29, 0.717) is 12.1 Å². The zero-order valence-corrected chi connectivity index (χ0v) is 10.6. The summed E-state index contributed by atoms with van der Waals surface area (Å²) in [6.07, 6.45) is 1.66. The van der Waals surface area contributed by atoms with E-state index in [0.717, 1.165) is 39.3 Å². The first-order valence-corrected chi connectivity index (χ1v) is 6.50. The van der Waals surface area contributed by atoms with Crippen molar-refractivity contribution in [2.75, 3.05) is 52.9 Å². The first kappa shape index (κ1) is 12.3. The molecule has 94 valence electrons. The van der Waals surface area contributed by atoms with Crippen molar-refractivity contribution in [3.8, 4) is 0 Å². The van der Waals surface area contributed by atoms with Crippen molar-refractivity contribution in [1.82, 2.24) is 15.1 Å². The molecule has 0 aromatic carbocycles. The minimum Gasteiger partial charge on any atom is -0.374 e. The number of morpholine rings is 1. The zero-order chi connectivity index (χ0) is 11.4. The number of likely N-dealkylation sites (N-methyl/N-ethyl adjacent to an activating group) is 1. The molecule has 0 aromatic rings. The van der Waals surface area contributed by atoms with Crippen LogP contribution < -0.4 is 5.32 Å². The quantitative estimate of drug-likeness (QED) is 0.719. The Morgan fingerprint density at radius 2 is 2.19 bits per heavy atom. The summed E-state index contributed by atoms with van der Waals surface area (Å²) in [6, 6.07) is 0.615. The highest BCUT2D eigenvalue weighted by Gasteiger charge is 2.22. The highest BCUT2D eigenvalue weighted by Crippen LogP contribution is 2.07. The SMILES string of the molecule is CC1CN(CC2CN(C)CCO2)CCCN1. The summed E-state index contributed by atoms with van der Waals surface area (Å²) >= 11 is 0. The number of hydrogen-bond acceptors (Lipinski definition) is 4. The second kappa shape index (κ2) is 5.96. The van der Waals surface area contributed by atoms with Crippen LogP contribution in [-0.2, 0) is 4.74 Å². The van der Waals surface area contributed by atoms with Gasteiger partial charge in [-0.3, -0.25) is 4.90 Å². The molecule has 0 aromatic heterocycles. The van der Waals surface area contributed by atoms with Gasteiger partial charge in [0, 0.05) is 32.2 Å². The Bertz CT molecular complexity index is 212. The molecule has 16 heavy (non-hydrogen) atoms.